The highest BCUT2D eigenvalue weighted by molar-refractivity contribution is 6.83. The lowest BCUT2D eigenvalue weighted by atomic mass is 10.0. The number of carbonyl (C=O) groups excluding carboxylic acids is 6. The average molecular weight is 606 g/mol. The summed E-state index contributed by atoms with van der Waals surface area (Å²) in [7, 11) is -1.55. The number of nitrogens with zero attached hydrogens (tertiary/aromatic N) is 1. The number of hydrogen-bond donors (Lipinski definition) is 0. The van der Waals surface area contributed by atoms with Crippen LogP contribution in [0.4, 0.5) is 4.79 Å². The van der Waals surface area contributed by atoms with Crippen molar-refractivity contribution in [2.45, 2.75) is 71.8 Å². The van der Waals surface area contributed by atoms with Crippen LogP contribution >= 0.6 is 0 Å². The van der Waals surface area contributed by atoms with Crippen molar-refractivity contribution in [1.82, 2.24) is 4.90 Å². The normalized spacial score (nSPS) is 16.5. The van der Waals surface area contributed by atoms with Gasteiger partial charge in [-0.15, -0.1) is 5.54 Å². The highest BCUT2D eigenvalue weighted by Gasteiger charge is 2.49. The van der Waals surface area contributed by atoms with Crippen LogP contribution in [-0.2, 0) is 47.7 Å². The summed E-state index contributed by atoms with van der Waals surface area (Å²) in [5.41, 5.74) is 4.04. The van der Waals surface area contributed by atoms with Gasteiger partial charge in [0.05, 0.1) is 6.54 Å². The molecular formula is C28H35NO12Si. The average Bonchev–Trinajstić information content (AvgIpc) is 3.26. The molecule has 1 saturated heterocycles. The molecule has 228 valence electrons. The molecule has 0 N–H and O–H groups in total. The predicted molar refractivity (Wildman–Crippen MR) is 147 cm³/mol. The third-order valence-corrected chi connectivity index (χ3v) is 6.24. The summed E-state index contributed by atoms with van der Waals surface area (Å²) in [4.78, 5) is 73.3. The first-order valence-corrected chi connectivity index (χ1v) is 16.5. The Morgan fingerprint density at radius 3 is 2.05 bits per heavy atom. The van der Waals surface area contributed by atoms with Crippen molar-refractivity contribution in [1.29, 1.82) is 0 Å². The molecule has 13 nitrogen and oxygen atoms in total. The van der Waals surface area contributed by atoms with Gasteiger partial charge in [0.25, 0.3) is 5.91 Å². The number of cyclic esters (lactones) is 1. The minimum Gasteiger partial charge on any atom is -0.484 e. The second kappa shape index (κ2) is 15.0. The van der Waals surface area contributed by atoms with Gasteiger partial charge < -0.3 is 28.4 Å². The van der Waals surface area contributed by atoms with Crippen LogP contribution in [0.1, 0.15) is 33.3 Å². The Kier molecular flexibility index (Phi) is 12.1. The van der Waals surface area contributed by atoms with Crippen LogP contribution in [0.15, 0.2) is 24.3 Å². The van der Waals surface area contributed by atoms with Crippen molar-refractivity contribution in [2.75, 3.05) is 19.8 Å². The van der Waals surface area contributed by atoms with Crippen molar-refractivity contribution in [3.63, 3.8) is 0 Å². The molecule has 1 aromatic carbocycles. The molecule has 0 radical (unpaired) electrons. The molecule has 2 amide bonds. The molecular weight excluding hydrogens is 570 g/mol. The number of benzene rings is 1. The number of hydrogen-bond acceptors (Lipinski definition) is 12. The highest BCUT2D eigenvalue weighted by atomic mass is 28.3. The number of ether oxygens (including phenoxy) is 6. The minimum atomic E-state index is -1.57. The van der Waals surface area contributed by atoms with Crippen molar-refractivity contribution in [2.24, 2.45) is 0 Å². The van der Waals surface area contributed by atoms with E-state index in [4.69, 9.17) is 28.4 Å². The quantitative estimate of drug-likeness (QED) is 0.156. The van der Waals surface area contributed by atoms with Crippen molar-refractivity contribution in [3.05, 3.63) is 29.8 Å². The molecule has 0 spiro atoms. The van der Waals surface area contributed by atoms with Crippen LogP contribution in [0.3, 0.4) is 0 Å². The van der Waals surface area contributed by atoms with E-state index in [0.29, 0.717) is 5.75 Å². The van der Waals surface area contributed by atoms with Gasteiger partial charge >= 0.3 is 30.0 Å². The zero-order chi connectivity index (χ0) is 31.6. The Labute approximate surface area is 244 Å². The lowest BCUT2D eigenvalue weighted by molar-refractivity contribution is -0.196. The molecule has 14 heteroatoms. The molecule has 0 aliphatic carbocycles. The van der Waals surface area contributed by atoms with Crippen LogP contribution in [-0.4, -0.2) is 93.0 Å². The smallest absolute Gasteiger partial charge is 0.417 e. The second-order valence-electron chi connectivity index (χ2n) is 10.3. The zero-order valence-electron chi connectivity index (χ0n) is 24.6. The Hall–Kier alpha value is -4.38. The number of carbonyl (C=O) groups is 6. The zero-order valence-corrected chi connectivity index (χ0v) is 25.6. The number of imide groups is 1. The summed E-state index contributed by atoms with van der Waals surface area (Å²) >= 11 is 0. The van der Waals surface area contributed by atoms with E-state index in [1.54, 1.807) is 24.3 Å². The van der Waals surface area contributed by atoms with Gasteiger partial charge in [0.2, 0.25) is 0 Å². The summed E-state index contributed by atoms with van der Waals surface area (Å²) < 4.78 is 31.6. The van der Waals surface area contributed by atoms with E-state index in [9.17, 15) is 28.8 Å². The fraction of sp³-hybridized carbons (Fsp3) is 0.500. The lowest BCUT2D eigenvalue weighted by Crippen LogP contribution is -2.53. The second-order valence-corrected chi connectivity index (χ2v) is 15.1. The standard InChI is InChI=1S/C28H35NO12Si/c1-17(30)36-15-24(38-18(2)31)27(40-20(4)33)26(39-19(3)32)23-14-29(28(35)41-23)25(34)16-37-22-10-8-21(9-11-22)12-13-42(5,6)7/h8-11,23-24,26-27H,14-16H2,1-7H3/t23-,24+,26+,27+/m1/s1. The molecule has 1 fully saturated rings. The Morgan fingerprint density at radius 2 is 1.52 bits per heavy atom. The van der Waals surface area contributed by atoms with Gasteiger partial charge in [-0.2, -0.15) is 0 Å². The first kappa shape index (κ1) is 33.8. The summed E-state index contributed by atoms with van der Waals surface area (Å²) in [6.45, 7) is 9.17. The number of rotatable bonds is 11. The van der Waals surface area contributed by atoms with E-state index in [-0.39, 0.29) is 0 Å². The van der Waals surface area contributed by atoms with Gasteiger partial charge in [0.1, 0.15) is 20.4 Å². The fourth-order valence-corrected chi connectivity index (χ4v) is 4.20. The predicted octanol–water partition coefficient (Wildman–Crippen LogP) is 2.00. The van der Waals surface area contributed by atoms with Crippen LogP contribution in [0.25, 0.3) is 0 Å². The molecule has 42 heavy (non-hydrogen) atoms. The summed E-state index contributed by atoms with van der Waals surface area (Å²) in [5, 5.41) is 0. The fourth-order valence-electron chi connectivity index (χ4n) is 3.68. The van der Waals surface area contributed by atoms with Gasteiger partial charge in [-0.25, -0.2) is 9.69 Å². The van der Waals surface area contributed by atoms with Gasteiger partial charge in [0.15, 0.2) is 31.0 Å². The number of esters is 4. The van der Waals surface area contributed by atoms with Gasteiger partial charge in [-0.1, -0.05) is 25.6 Å². The largest absolute Gasteiger partial charge is 0.484 e. The maximum atomic E-state index is 12.9. The third kappa shape index (κ3) is 11.2. The number of amides is 2. The van der Waals surface area contributed by atoms with E-state index in [1.165, 1.54) is 0 Å². The Morgan fingerprint density at radius 1 is 0.929 bits per heavy atom. The van der Waals surface area contributed by atoms with Crippen LogP contribution < -0.4 is 4.74 Å². The van der Waals surface area contributed by atoms with Gasteiger partial charge in [-0.3, -0.25) is 24.0 Å². The van der Waals surface area contributed by atoms with Crippen LogP contribution in [0, 0.1) is 11.5 Å². The monoisotopic (exact) mass is 605 g/mol. The maximum Gasteiger partial charge on any atom is 0.417 e. The van der Waals surface area contributed by atoms with E-state index in [0.717, 1.165) is 38.2 Å². The highest BCUT2D eigenvalue weighted by Crippen LogP contribution is 2.25. The molecule has 1 heterocycles. The van der Waals surface area contributed by atoms with E-state index < -0.39 is 88.1 Å². The van der Waals surface area contributed by atoms with Crippen LogP contribution in [0.5, 0.6) is 5.75 Å². The van der Waals surface area contributed by atoms with E-state index in [2.05, 4.69) is 31.1 Å². The molecule has 1 aromatic rings. The molecule has 0 saturated carbocycles. The molecule has 0 bridgehead atoms. The first-order chi connectivity index (χ1) is 19.6. The molecule has 0 aromatic heterocycles. The Balaban J connectivity index is 2.20. The molecule has 1 aliphatic heterocycles. The molecule has 2 rings (SSSR count). The van der Waals surface area contributed by atoms with Gasteiger partial charge in [0, 0.05) is 33.3 Å². The Bertz CT molecular complexity index is 1240. The van der Waals surface area contributed by atoms with Gasteiger partial charge in [-0.05, 0) is 24.3 Å². The summed E-state index contributed by atoms with van der Waals surface area (Å²) in [5.74, 6) is -0.540. The molecule has 0 unspecified atom stereocenters. The topological polar surface area (TPSA) is 161 Å². The maximum absolute atomic E-state index is 12.9. The first-order valence-electron chi connectivity index (χ1n) is 13.0. The van der Waals surface area contributed by atoms with E-state index in [1.807, 2.05) is 0 Å². The lowest BCUT2D eigenvalue weighted by Gasteiger charge is -2.33. The van der Waals surface area contributed by atoms with E-state index >= 15 is 0 Å². The molecule has 1 aliphatic rings. The van der Waals surface area contributed by atoms with Crippen molar-refractivity contribution >= 4 is 44.0 Å². The summed E-state index contributed by atoms with van der Waals surface area (Å²) in [6, 6.07) is 6.79. The molecule has 4 atom stereocenters. The minimum absolute atomic E-state index is 0.369. The summed E-state index contributed by atoms with van der Waals surface area (Å²) in [6.07, 6.45) is -6.95. The SMILES string of the molecule is CC(=O)OC[C@H](OC(C)=O)[C@H](OC(C)=O)[C@@H](OC(C)=O)[C@H]1CN(C(=O)COc2ccc(C#C[Si](C)(C)C)cc2)C(=O)O1. The van der Waals surface area contributed by atoms with Crippen molar-refractivity contribution in [3.8, 4) is 17.2 Å². The van der Waals surface area contributed by atoms with Crippen LogP contribution in [0.2, 0.25) is 19.6 Å². The third-order valence-electron chi connectivity index (χ3n) is 5.36. The van der Waals surface area contributed by atoms with Crippen molar-refractivity contribution < 1.29 is 57.2 Å².